The number of thiophene rings is 1. The Kier molecular flexibility index (Phi) is 4.19. The molecule has 1 unspecified atom stereocenters. The van der Waals surface area contributed by atoms with E-state index < -0.39 is 17.8 Å². The van der Waals surface area contributed by atoms with Gasteiger partial charge in [-0.2, -0.15) is 24.5 Å². The van der Waals surface area contributed by atoms with Crippen molar-refractivity contribution in [2.45, 2.75) is 25.6 Å². The van der Waals surface area contributed by atoms with Gasteiger partial charge in [-0.1, -0.05) is 11.4 Å². The number of hydrogen-bond acceptors (Lipinski definition) is 6. The summed E-state index contributed by atoms with van der Waals surface area (Å²) in [6, 6.07) is -0.738. The summed E-state index contributed by atoms with van der Waals surface area (Å²) >= 11 is 2.05. The highest BCUT2D eigenvalue weighted by Crippen LogP contribution is 2.39. The van der Waals surface area contributed by atoms with Crippen molar-refractivity contribution in [3.05, 3.63) is 32.5 Å². The van der Waals surface area contributed by atoms with Gasteiger partial charge in [0.15, 0.2) is 0 Å². The molecule has 0 aromatic carbocycles. The Balaban J connectivity index is 2.47. The second-order valence-electron chi connectivity index (χ2n) is 3.78. The first-order chi connectivity index (χ1) is 8.99. The number of nitrogens with zero attached hydrogens (tertiary/aromatic N) is 2. The molecule has 0 saturated heterocycles. The van der Waals surface area contributed by atoms with Gasteiger partial charge in [0.2, 0.25) is 0 Å². The van der Waals surface area contributed by atoms with Crippen molar-refractivity contribution in [3.8, 4) is 0 Å². The maximum atomic E-state index is 12.9. The SMILES string of the molecule is CCc1nnsc1C(NN)c1cscc1C(F)(F)F. The van der Waals surface area contributed by atoms with E-state index in [9.17, 15) is 13.2 Å². The molecule has 0 bridgehead atoms. The molecule has 2 aromatic heterocycles. The molecule has 0 spiro atoms. The number of aromatic nitrogens is 2. The lowest BCUT2D eigenvalue weighted by Crippen LogP contribution is -2.30. The highest BCUT2D eigenvalue weighted by Gasteiger charge is 2.37. The van der Waals surface area contributed by atoms with Gasteiger partial charge < -0.3 is 0 Å². The number of alkyl halides is 3. The second kappa shape index (κ2) is 5.53. The van der Waals surface area contributed by atoms with Gasteiger partial charge in [0.05, 0.1) is 22.2 Å². The van der Waals surface area contributed by atoms with Gasteiger partial charge in [-0.3, -0.25) is 5.84 Å². The van der Waals surface area contributed by atoms with Crippen molar-refractivity contribution in [1.29, 1.82) is 0 Å². The number of aryl methyl sites for hydroxylation is 1. The van der Waals surface area contributed by atoms with Gasteiger partial charge in [-0.05, 0) is 28.9 Å². The third-order valence-electron chi connectivity index (χ3n) is 2.66. The number of nitrogens with one attached hydrogen (secondary N) is 1. The molecule has 0 saturated carbocycles. The van der Waals surface area contributed by atoms with Crippen molar-refractivity contribution >= 4 is 22.9 Å². The Hall–Kier alpha value is -1.03. The van der Waals surface area contributed by atoms with Crippen LogP contribution in [0.15, 0.2) is 10.8 Å². The molecule has 0 radical (unpaired) electrons. The fourth-order valence-corrected chi connectivity index (χ4v) is 3.45. The number of hydrazine groups is 1. The summed E-state index contributed by atoms with van der Waals surface area (Å²) in [4.78, 5) is 0.619. The van der Waals surface area contributed by atoms with Gasteiger partial charge >= 0.3 is 6.18 Å². The van der Waals surface area contributed by atoms with Crippen LogP contribution in [-0.2, 0) is 12.6 Å². The molecule has 2 rings (SSSR count). The van der Waals surface area contributed by atoms with E-state index in [4.69, 9.17) is 5.84 Å². The van der Waals surface area contributed by atoms with Crippen molar-refractivity contribution < 1.29 is 13.2 Å². The van der Waals surface area contributed by atoms with Crippen LogP contribution in [0.3, 0.4) is 0 Å². The predicted molar refractivity (Wildman–Crippen MR) is 67.8 cm³/mol. The Labute approximate surface area is 115 Å². The Morgan fingerprint density at radius 3 is 2.74 bits per heavy atom. The van der Waals surface area contributed by atoms with Crippen LogP contribution in [0, 0.1) is 0 Å². The Bertz CT molecular complexity index is 549. The molecule has 19 heavy (non-hydrogen) atoms. The summed E-state index contributed by atoms with van der Waals surface area (Å²) in [6.07, 6.45) is -3.80. The molecule has 0 aliphatic carbocycles. The molecule has 0 fully saturated rings. The summed E-state index contributed by atoms with van der Waals surface area (Å²) in [5.74, 6) is 5.43. The fraction of sp³-hybridized carbons (Fsp3) is 0.400. The number of nitrogens with two attached hydrogens (primary N) is 1. The van der Waals surface area contributed by atoms with Crippen LogP contribution in [0.25, 0.3) is 0 Å². The number of halogens is 3. The van der Waals surface area contributed by atoms with Crippen LogP contribution in [-0.4, -0.2) is 9.59 Å². The summed E-state index contributed by atoms with van der Waals surface area (Å²) in [5.41, 5.74) is 2.53. The topological polar surface area (TPSA) is 63.8 Å². The lowest BCUT2D eigenvalue weighted by Gasteiger charge is -2.17. The smallest absolute Gasteiger partial charge is 0.271 e. The first kappa shape index (κ1) is 14.4. The summed E-state index contributed by atoms with van der Waals surface area (Å²) < 4.78 is 42.5. The molecule has 104 valence electrons. The van der Waals surface area contributed by atoms with Crippen LogP contribution in [0.1, 0.15) is 34.7 Å². The van der Waals surface area contributed by atoms with Gasteiger partial charge in [-0.25, -0.2) is 5.43 Å². The predicted octanol–water partition coefficient (Wildman–Crippen LogP) is 2.73. The van der Waals surface area contributed by atoms with Crippen molar-refractivity contribution in [2.75, 3.05) is 0 Å². The van der Waals surface area contributed by atoms with Crippen molar-refractivity contribution in [2.24, 2.45) is 5.84 Å². The maximum absolute atomic E-state index is 12.9. The third kappa shape index (κ3) is 2.78. The lowest BCUT2D eigenvalue weighted by atomic mass is 10.0. The second-order valence-corrected chi connectivity index (χ2v) is 5.30. The van der Waals surface area contributed by atoms with Crippen molar-refractivity contribution in [1.82, 2.24) is 15.0 Å². The fourth-order valence-electron chi connectivity index (χ4n) is 1.75. The quantitative estimate of drug-likeness (QED) is 0.673. The monoisotopic (exact) mass is 308 g/mol. The molecule has 2 heterocycles. The van der Waals surface area contributed by atoms with E-state index in [0.717, 1.165) is 28.2 Å². The van der Waals surface area contributed by atoms with Gasteiger partial charge in [0.1, 0.15) is 0 Å². The van der Waals surface area contributed by atoms with Crippen LogP contribution in [0.2, 0.25) is 0 Å². The molecule has 4 nitrogen and oxygen atoms in total. The number of rotatable bonds is 4. The van der Waals surface area contributed by atoms with E-state index in [2.05, 4.69) is 15.0 Å². The Morgan fingerprint density at radius 1 is 1.42 bits per heavy atom. The van der Waals surface area contributed by atoms with Crippen LogP contribution in [0.4, 0.5) is 13.2 Å². The molecular formula is C10H11F3N4S2. The van der Waals surface area contributed by atoms with E-state index in [1.807, 2.05) is 6.92 Å². The first-order valence-corrected chi connectivity index (χ1v) is 7.11. The normalized spacial score (nSPS) is 13.7. The van der Waals surface area contributed by atoms with Crippen LogP contribution >= 0.6 is 22.9 Å². The maximum Gasteiger partial charge on any atom is 0.417 e. The molecule has 2 aromatic rings. The van der Waals surface area contributed by atoms with E-state index in [1.165, 1.54) is 5.38 Å². The largest absolute Gasteiger partial charge is 0.417 e. The number of hydrogen-bond donors (Lipinski definition) is 2. The molecule has 0 aliphatic heterocycles. The molecule has 1 atom stereocenters. The molecule has 9 heteroatoms. The van der Waals surface area contributed by atoms with E-state index in [-0.39, 0.29) is 5.56 Å². The zero-order chi connectivity index (χ0) is 14.0. The van der Waals surface area contributed by atoms with Crippen molar-refractivity contribution in [3.63, 3.8) is 0 Å². The highest BCUT2D eigenvalue weighted by molar-refractivity contribution is 7.08. The minimum atomic E-state index is -4.39. The molecule has 0 amide bonds. The zero-order valence-electron chi connectivity index (χ0n) is 9.86. The summed E-state index contributed by atoms with van der Waals surface area (Å²) in [6.45, 7) is 1.87. The minimum Gasteiger partial charge on any atom is -0.271 e. The summed E-state index contributed by atoms with van der Waals surface area (Å²) in [7, 11) is 0. The van der Waals surface area contributed by atoms with Crippen LogP contribution < -0.4 is 11.3 Å². The van der Waals surface area contributed by atoms with Gasteiger partial charge in [0, 0.05) is 5.38 Å². The lowest BCUT2D eigenvalue weighted by molar-refractivity contribution is -0.138. The van der Waals surface area contributed by atoms with Gasteiger partial charge in [0.25, 0.3) is 0 Å². The van der Waals surface area contributed by atoms with E-state index >= 15 is 0 Å². The first-order valence-electron chi connectivity index (χ1n) is 5.39. The highest BCUT2D eigenvalue weighted by atomic mass is 32.1. The summed E-state index contributed by atoms with van der Waals surface area (Å²) in [5, 5.41) is 6.43. The minimum absolute atomic E-state index is 0.112. The average Bonchev–Trinajstić information content (AvgIpc) is 2.97. The molecule has 3 N–H and O–H groups in total. The average molecular weight is 308 g/mol. The zero-order valence-corrected chi connectivity index (χ0v) is 11.5. The Morgan fingerprint density at radius 2 is 2.16 bits per heavy atom. The molecular weight excluding hydrogens is 297 g/mol. The standard InChI is InChI=1S/C10H11F3N4S2/c1-2-7-9(19-17-16-7)8(15-14)5-3-18-4-6(5)10(11,12)13/h3-4,8,15H,2,14H2,1H3. The van der Waals surface area contributed by atoms with E-state index in [0.29, 0.717) is 17.0 Å². The third-order valence-corrected chi connectivity index (χ3v) is 4.25. The van der Waals surface area contributed by atoms with Crippen LogP contribution in [0.5, 0.6) is 0 Å². The van der Waals surface area contributed by atoms with Gasteiger partial charge in [-0.15, -0.1) is 5.10 Å². The molecule has 0 aliphatic rings. The van der Waals surface area contributed by atoms with E-state index in [1.54, 1.807) is 0 Å².